The number of esters is 1. The predicted molar refractivity (Wildman–Crippen MR) is 104 cm³/mol. The zero-order chi connectivity index (χ0) is 22.4. The quantitative estimate of drug-likeness (QED) is 0.277. The van der Waals surface area contributed by atoms with Crippen molar-refractivity contribution in [2.45, 2.75) is 96.7 Å². The topological polar surface area (TPSA) is 115 Å². The fourth-order valence-electron chi connectivity index (χ4n) is 2.72. The van der Waals surface area contributed by atoms with Crippen molar-refractivity contribution in [3.8, 4) is 0 Å². The van der Waals surface area contributed by atoms with E-state index >= 15 is 0 Å². The van der Waals surface area contributed by atoms with Crippen LogP contribution in [0.1, 0.15) is 67.2 Å². The molecule has 3 atom stereocenters. The van der Waals surface area contributed by atoms with Gasteiger partial charge < -0.3 is 24.1 Å². The Morgan fingerprint density at radius 1 is 0.966 bits per heavy atom. The van der Waals surface area contributed by atoms with E-state index in [1.807, 2.05) is 0 Å². The molecular formula is C20H35NO8. The second kappa shape index (κ2) is 10.2. The molecule has 1 aliphatic heterocycles. The highest BCUT2D eigenvalue weighted by Crippen LogP contribution is 2.27. The van der Waals surface area contributed by atoms with Crippen LogP contribution < -0.4 is 0 Å². The molecule has 9 nitrogen and oxygen atoms in total. The van der Waals surface area contributed by atoms with Crippen molar-refractivity contribution in [3.05, 3.63) is 0 Å². The van der Waals surface area contributed by atoms with E-state index in [9.17, 15) is 14.4 Å². The summed E-state index contributed by atoms with van der Waals surface area (Å²) in [6.07, 6.45) is 0.127. The van der Waals surface area contributed by atoms with Crippen LogP contribution in [0.5, 0.6) is 0 Å². The van der Waals surface area contributed by atoms with Crippen molar-refractivity contribution in [2.24, 2.45) is 0 Å². The van der Waals surface area contributed by atoms with Crippen LogP contribution in [0.25, 0.3) is 0 Å². The summed E-state index contributed by atoms with van der Waals surface area (Å²) < 4.78 is 20.7. The molecule has 2 amide bonds. The van der Waals surface area contributed by atoms with Crippen LogP contribution in [0.4, 0.5) is 9.59 Å². The molecule has 1 rings (SSSR count). The molecular weight excluding hydrogens is 382 g/mol. The van der Waals surface area contributed by atoms with Crippen LogP contribution in [0.15, 0.2) is 0 Å². The Kier molecular flexibility index (Phi) is 8.89. The van der Waals surface area contributed by atoms with Gasteiger partial charge in [0.25, 0.3) is 0 Å². The van der Waals surface area contributed by atoms with Gasteiger partial charge in [-0.3, -0.25) is 0 Å². The second-order valence-electron chi connectivity index (χ2n) is 9.05. The maximum absolute atomic E-state index is 12.7. The third-order valence-corrected chi connectivity index (χ3v) is 4.05. The van der Waals surface area contributed by atoms with E-state index in [1.165, 1.54) is 7.11 Å². The maximum Gasteiger partial charge on any atom is 0.420 e. The van der Waals surface area contributed by atoms with Gasteiger partial charge in [0.1, 0.15) is 23.3 Å². The Bertz CT molecular complexity index is 550. The number of epoxide rings is 1. The number of carbonyl (C=O) groups excluding carboxylic acids is 3. The summed E-state index contributed by atoms with van der Waals surface area (Å²) in [4.78, 5) is 38.6. The van der Waals surface area contributed by atoms with Gasteiger partial charge in [0.05, 0.1) is 19.8 Å². The first-order chi connectivity index (χ1) is 13.3. The lowest BCUT2D eigenvalue weighted by Crippen LogP contribution is -2.52. The molecule has 0 saturated carbocycles. The van der Waals surface area contributed by atoms with Crippen LogP contribution in [0.3, 0.4) is 0 Å². The summed E-state index contributed by atoms with van der Waals surface area (Å²) in [6.45, 7) is 9.98. The number of carbonyl (C=O) groups is 3. The van der Waals surface area contributed by atoms with E-state index < -0.39 is 35.4 Å². The summed E-state index contributed by atoms with van der Waals surface area (Å²) in [5, 5.41) is 9.01. The average molecular weight is 417 g/mol. The van der Waals surface area contributed by atoms with Gasteiger partial charge in [0, 0.05) is 0 Å². The summed E-state index contributed by atoms with van der Waals surface area (Å²) in [6, 6.07) is -1.17. The molecule has 0 aromatic rings. The number of hydrogen-bond acceptors (Lipinski definition) is 8. The Morgan fingerprint density at radius 2 is 1.48 bits per heavy atom. The zero-order valence-corrected chi connectivity index (χ0v) is 18.5. The molecule has 0 spiro atoms. The third-order valence-electron chi connectivity index (χ3n) is 4.05. The molecule has 0 aromatic heterocycles. The lowest BCUT2D eigenvalue weighted by Gasteiger charge is -2.32. The number of ether oxygens (including phenoxy) is 4. The number of nitrogens with zero attached hydrogens (tertiary/aromatic N) is 1. The number of imide groups is 1. The lowest BCUT2D eigenvalue weighted by molar-refractivity contribution is -0.147. The molecule has 29 heavy (non-hydrogen) atoms. The second-order valence-corrected chi connectivity index (χ2v) is 9.05. The van der Waals surface area contributed by atoms with E-state index in [0.717, 1.165) is 6.42 Å². The van der Waals surface area contributed by atoms with Crippen molar-refractivity contribution < 1.29 is 38.4 Å². The first-order valence-electron chi connectivity index (χ1n) is 9.88. The van der Waals surface area contributed by atoms with E-state index in [1.54, 1.807) is 41.5 Å². The normalized spacial score (nSPS) is 19.9. The molecule has 1 saturated heterocycles. The first kappa shape index (κ1) is 25.2. The molecule has 1 heterocycles. The van der Waals surface area contributed by atoms with Crippen molar-refractivity contribution >= 4 is 18.2 Å². The van der Waals surface area contributed by atoms with Gasteiger partial charge in [-0.15, -0.1) is 0 Å². The van der Waals surface area contributed by atoms with E-state index in [-0.39, 0.29) is 25.2 Å². The van der Waals surface area contributed by atoms with Crippen molar-refractivity contribution in [1.82, 2.24) is 4.90 Å². The van der Waals surface area contributed by atoms with Gasteiger partial charge in [0.2, 0.25) is 0 Å². The fourth-order valence-corrected chi connectivity index (χ4v) is 2.72. The number of hydrogen-bond donors (Lipinski definition) is 1. The van der Waals surface area contributed by atoms with Crippen LogP contribution >= 0.6 is 0 Å². The Morgan fingerprint density at radius 3 is 1.86 bits per heavy atom. The Hall–Kier alpha value is -1.87. The van der Waals surface area contributed by atoms with Gasteiger partial charge >= 0.3 is 18.2 Å². The Labute approximate surface area is 172 Å². The minimum Gasteiger partial charge on any atom is -0.467 e. The van der Waals surface area contributed by atoms with Gasteiger partial charge in [-0.05, 0) is 54.4 Å². The minimum absolute atomic E-state index is 0.0134. The lowest BCUT2D eigenvalue weighted by atomic mass is 10.1. The Balaban J connectivity index is 2.91. The fraction of sp³-hybridized carbons (Fsp3) is 0.850. The van der Waals surface area contributed by atoms with Crippen molar-refractivity contribution in [3.63, 3.8) is 0 Å². The van der Waals surface area contributed by atoms with Crippen LogP contribution in [0, 0.1) is 0 Å². The SMILES string of the molecule is COC(=O)[C@H](CCCC[C@@H]1O[C@H]1CO)N(C(=O)OC(C)(C)C)C(=O)OC(C)(C)C. The largest absolute Gasteiger partial charge is 0.467 e. The van der Waals surface area contributed by atoms with Crippen molar-refractivity contribution in [2.75, 3.05) is 13.7 Å². The summed E-state index contributed by atoms with van der Waals surface area (Å²) in [7, 11) is 1.20. The van der Waals surface area contributed by atoms with E-state index in [4.69, 9.17) is 24.1 Å². The maximum atomic E-state index is 12.7. The van der Waals surface area contributed by atoms with E-state index in [0.29, 0.717) is 17.7 Å². The van der Waals surface area contributed by atoms with Gasteiger partial charge in [-0.1, -0.05) is 12.8 Å². The summed E-state index contributed by atoms with van der Waals surface area (Å²) in [5.74, 6) is -0.724. The minimum atomic E-state index is -1.17. The summed E-state index contributed by atoms with van der Waals surface area (Å²) >= 11 is 0. The third kappa shape index (κ3) is 8.99. The predicted octanol–water partition coefficient (Wildman–Crippen LogP) is 3.02. The first-order valence-corrected chi connectivity index (χ1v) is 9.88. The number of amides is 2. The molecule has 1 N–H and O–H groups in total. The highest BCUT2D eigenvalue weighted by molar-refractivity contribution is 5.94. The van der Waals surface area contributed by atoms with Crippen LogP contribution in [0.2, 0.25) is 0 Å². The summed E-state index contributed by atoms with van der Waals surface area (Å²) in [5.41, 5.74) is -1.72. The van der Waals surface area contributed by atoms with E-state index in [2.05, 4.69) is 0 Å². The molecule has 0 bridgehead atoms. The van der Waals surface area contributed by atoms with Gasteiger partial charge in [-0.25, -0.2) is 14.4 Å². The van der Waals surface area contributed by atoms with Crippen molar-refractivity contribution in [1.29, 1.82) is 0 Å². The highest BCUT2D eigenvalue weighted by Gasteiger charge is 2.41. The average Bonchev–Trinajstić information content (AvgIpc) is 3.31. The molecule has 168 valence electrons. The molecule has 1 fully saturated rings. The number of methoxy groups -OCH3 is 1. The molecule has 1 aliphatic rings. The highest BCUT2D eigenvalue weighted by atomic mass is 16.6. The van der Waals surface area contributed by atoms with Crippen LogP contribution in [-0.2, 0) is 23.7 Å². The van der Waals surface area contributed by atoms with Gasteiger partial charge in [-0.2, -0.15) is 4.90 Å². The number of aliphatic hydroxyl groups is 1. The molecule has 0 radical (unpaired) electrons. The molecule has 0 unspecified atom stereocenters. The molecule has 0 aromatic carbocycles. The standard InChI is InChI=1S/C20H35NO8/c1-19(2,3)28-17(24)21(18(25)29-20(4,5)6)13(16(23)26-7)10-8-9-11-14-15(12-22)27-14/h13-15,22H,8-12H2,1-7H3/t13-,14-,15-/m0/s1. The van der Waals surface area contributed by atoms with Gasteiger partial charge in [0.15, 0.2) is 0 Å². The number of unbranched alkanes of at least 4 members (excludes halogenated alkanes) is 1. The monoisotopic (exact) mass is 417 g/mol. The van der Waals surface area contributed by atoms with Crippen LogP contribution in [-0.4, -0.2) is 71.3 Å². The number of rotatable bonds is 8. The molecule has 9 heteroatoms. The number of aliphatic hydroxyl groups excluding tert-OH is 1. The zero-order valence-electron chi connectivity index (χ0n) is 18.5. The smallest absolute Gasteiger partial charge is 0.420 e. The molecule has 0 aliphatic carbocycles.